The van der Waals surface area contributed by atoms with Crippen molar-refractivity contribution in [2.45, 2.75) is 18.9 Å². The van der Waals surface area contributed by atoms with Gasteiger partial charge in [0.1, 0.15) is 0 Å². The number of likely N-dealkylation sites (tertiary alicyclic amines) is 1. The van der Waals surface area contributed by atoms with E-state index in [0.717, 1.165) is 25.9 Å². The Morgan fingerprint density at radius 3 is 2.48 bits per heavy atom. The number of H-pyrrole nitrogens is 1. The molecule has 1 aliphatic rings. The predicted molar refractivity (Wildman–Crippen MR) is 88.5 cm³/mol. The SMILES string of the molecule is O=C(NC1CCN(CC(=O)c2ccc[nH]2)CC1)c1ccccc1. The van der Waals surface area contributed by atoms with Gasteiger partial charge in [-0.25, -0.2) is 0 Å². The van der Waals surface area contributed by atoms with Crippen LogP contribution in [0.25, 0.3) is 0 Å². The molecule has 1 aliphatic heterocycles. The van der Waals surface area contributed by atoms with E-state index < -0.39 is 0 Å². The third kappa shape index (κ3) is 4.07. The van der Waals surface area contributed by atoms with Gasteiger partial charge in [-0.15, -0.1) is 0 Å². The van der Waals surface area contributed by atoms with E-state index in [1.807, 2.05) is 36.4 Å². The van der Waals surface area contributed by atoms with E-state index in [-0.39, 0.29) is 17.7 Å². The monoisotopic (exact) mass is 311 g/mol. The number of Topliss-reactive ketones (excluding diaryl/α,β-unsaturated/α-hetero) is 1. The summed E-state index contributed by atoms with van der Waals surface area (Å²) in [5, 5.41) is 3.08. The van der Waals surface area contributed by atoms with Crippen LogP contribution < -0.4 is 5.32 Å². The average Bonchev–Trinajstić information content (AvgIpc) is 3.12. The van der Waals surface area contributed by atoms with Crippen LogP contribution in [0, 0.1) is 0 Å². The number of aromatic amines is 1. The average molecular weight is 311 g/mol. The highest BCUT2D eigenvalue weighted by Gasteiger charge is 2.22. The molecule has 1 fully saturated rings. The van der Waals surface area contributed by atoms with Gasteiger partial charge in [-0.05, 0) is 37.1 Å². The van der Waals surface area contributed by atoms with Gasteiger partial charge in [-0.2, -0.15) is 0 Å². The molecular weight excluding hydrogens is 290 g/mol. The number of amides is 1. The Morgan fingerprint density at radius 1 is 1.09 bits per heavy atom. The first-order valence-electron chi connectivity index (χ1n) is 7.97. The Labute approximate surface area is 135 Å². The van der Waals surface area contributed by atoms with Crippen LogP contribution in [0.5, 0.6) is 0 Å². The molecule has 0 bridgehead atoms. The van der Waals surface area contributed by atoms with Crippen molar-refractivity contribution < 1.29 is 9.59 Å². The number of nitrogens with zero attached hydrogens (tertiary/aromatic N) is 1. The zero-order chi connectivity index (χ0) is 16.1. The Kier molecular flexibility index (Phi) is 4.88. The number of nitrogens with one attached hydrogen (secondary N) is 2. The minimum atomic E-state index is -0.0217. The maximum absolute atomic E-state index is 12.1. The summed E-state index contributed by atoms with van der Waals surface area (Å²) < 4.78 is 0. The van der Waals surface area contributed by atoms with Gasteiger partial charge in [0.2, 0.25) is 0 Å². The molecule has 2 N–H and O–H groups in total. The topological polar surface area (TPSA) is 65.2 Å². The Bertz CT molecular complexity index is 644. The molecular formula is C18H21N3O2. The molecule has 5 nitrogen and oxygen atoms in total. The maximum atomic E-state index is 12.1. The molecule has 2 heterocycles. The lowest BCUT2D eigenvalue weighted by molar-refractivity contribution is 0.0856. The summed E-state index contributed by atoms with van der Waals surface area (Å²) in [5.74, 6) is 0.0910. The van der Waals surface area contributed by atoms with Crippen LogP contribution in [-0.4, -0.2) is 47.3 Å². The third-order valence-corrected chi connectivity index (χ3v) is 4.22. The molecule has 23 heavy (non-hydrogen) atoms. The summed E-state index contributed by atoms with van der Waals surface area (Å²) >= 11 is 0. The van der Waals surface area contributed by atoms with Crippen LogP contribution >= 0.6 is 0 Å². The minimum absolute atomic E-state index is 0.0217. The van der Waals surface area contributed by atoms with Crippen LogP contribution in [0.3, 0.4) is 0 Å². The standard InChI is InChI=1S/C18H21N3O2/c22-17(16-7-4-10-19-16)13-21-11-8-15(9-12-21)20-18(23)14-5-2-1-3-6-14/h1-7,10,15,19H,8-9,11-13H2,(H,20,23). The van der Waals surface area contributed by atoms with Crippen molar-refractivity contribution in [3.05, 3.63) is 59.9 Å². The second-order valence-electron chi connectivity index (χ2n) is 5.90. The zero-order valence-corrected chi connectivity index (χ0v) is 13.0. The highest BCUT2D eigenvalue weighted by Crippen LogP contribution is 2.12. The maximum Gasteiger partial charge on any atom is 0.251 e. The van der Waals surface area contributed by atoms with Gasteiger partial charge in [0, 0.05) is 30.9 Å². The zero-order valence-electron chi connectivity index (χ0n) is 13.0. The number of ketones is 1. The Hall–Kier alpha value is -2.40. The molecule has 1 saturated heterocycles. The second kappa shape index (κ2) is 7.24. The number of hydrogen-bond donors (Lipinski definition) is 2. The van der Waals surface area contributed by atoms with Crippen molar-refractivity contribution in [1.82, 2.24) is 15.2 Å². The molecule has 1 amide bonds. The number of benzene rings is 1. The van der Waals surface area contributed by atoms with Gasteiger partial charge in [-0.3, -0.25) is 14.5 Å². The summed E-state index contributed by atoms with van der Waals surface area (Å²) in [4.78, 5) is 29.3. The van der Waals surface area contributed by atoms with E-state index in [1.165, 1.54) is 0 Å². The fourth-order valence-corrected chi connectivity index (χ4v) is 2.89. The molecule has 0 radical (unpaired) electrons. The van der Waals surface area contributed by atoms with E-state index in [0.29, 0.717) is 17.8 Å². The molecule has 0 aliphatic carbocycles. The van der Waals surface area contributed by atoms with E-state index >= 15 is 0 Å². The first-order valence-corrected chi connectivity index (χ1v) is 7.97. The number of hydrogen-bond acceptors (Lipinski definition) is 3. The second-order valence-corrected chi connectivity index (χ2v) is 5.90. The quantitative estimate of drug-likeness (QED) is 0.831. The molecule has 1 aromatic carbocycles. The molecule has 120 valence electrons. The number of aromatic nitrogens is 1. The molecule has 2 aromatic rings. The first-order chi connectivity index (χ1) is 11.2. The van der Waals surface area contributed by atoms with Gasteiger partial charge < -0.3 is 10.3 Å². The summed E-state index contributed by atoms with van der Waals surface area (Å²) in [6.07, 6.45) is 3.51. The smallest absolute Gasteiger partial charge is 0.251 e. The Morgan fingerprint density at radius 2 is 1.83 bits per heavy atom. The molecule has 1 aromatic heterocycles. The molecule has 0 spiro atoms. The van der Waals surface area contributed by atoms with E-state index in [2.05, 4.69) is 15.2 Å². The van der Waals surface area contributed by atoms with Crippen LogP contribution in [0.2, 0.25) is 0 Å². The lowest BCUT2D eigenvalue weighted by Gasteiger charge is -2.31. The van der Waals surface area contributed by atoms with Crippen LogP contribution in [0.15, 0.2) is 48.7 Å². The van der Waals surface area contributed by atoms with Crippen molar-refractivity contribution >= 4 is 11.7 Å². The summed E-state index contributed by atoms with van der Waals surface area (Å²) in [6, 6.07) is 13.1. The van der Waals surface area contributed by atoms with Crippen molar-refractivity contribution in [2.75, 3.05) is 19.6 Å². The number of carbonyl (C=O) groups excluding carboxylic acids is 2. The molecule has 3 rings (SSSR count). The highest BCUT2D eigenvalue weighted by atomic mass is 16.1. The minimum Gasteiger partial charge on any atom is -0.359 e. The number of rotatable bonds is 5. The van der Waals surface area contributed by atoms with Gasteiger partial charge in [0.25, 0.3) is 5.91 Å². The van der Waals surface area contributed by atoms with Crippen LogP contribution in [0.4, 0.5) is 0 Å². The summed E-state index contributed by atoms with van der Waals surface area (Å²) in [7, 11) is 0. The fraction of sp³-hybridized carbons (Fsp3) is 0.333. The molecule has 0 atom stereocenters. The lowest BCUT2D eigenvalue weighted by Crippen LogP contribution is -2.45. The Balaban J connectivity index is 1.45. The fourth-order valence-electron chi connectivity index (χ4n) is 2.89. The van der Waals surface area contributed by atoms with E-state index in [1.54, 1.807) is 12.3 Å². The van der Waals surface area contributed by atoms with Crippen LogP contribution in [0.1, 0.15) is 33.7 Å². The largest absolute Gasteiger partial charge is 0.359 e. The molecule has 0 saturated carbocycles. The molecule has 0 unspecified atom stereocenters. The summed E-state index contributed by atoms with van der Waals surface area (Å²) in [5.41, 5.74) is 1.35. The third-order valence-electron chi connectivity index (χ3n) is 4.22. The van der Waals surface area contributed by atoms with Crippen molar-refractivity contribution in [1.29, 1.82) is 0 Å². The number of piperidine rings is 1. The van der Waals surface area contributed by atoms with Crippen molar-refractivity contribution in [3.63, 3.8) is 0 Å². The normalized spacial score (nSPS) is 16.2. The van der Waals surface area contributed by atoms with Crippen LogP contribution in [-0.2, 0) is 0 Å². The van der Waals surface area contributed by atoms with E-state index in [4.69, 9.17) is 0 Å². The highest BCUT2D eigenvalue weighted by molar-refractivity contribution is 5.96. The number of carbonyl (C=O) groups is 2. The lowest BCUT2D eigenvalue weighted by atomic mass is 10.0. The molecule has 5 heteroatoms. The van der Waals surface area contributed by atoms with Crippen molar-refractivity contribution in [2.24, 2.45) is 0 Å². The summed E-state index contributed by atoms with van der Waals surface area (Å²) in [6.45, 7) is 2.08. The van der Waals surface area contributed by atoms with Crippen molar-refractivity contribution in [3.8, 4) is 0 Å². The van der Waals surface area contributed by atoms with Gasteiger partial charge in [0.05, 0.1) is 12.2 Å². The van der Waals surface area contributed by atoms with E-state index in [9.17, 15) is 9.59 Å². The van der Waals surface area contributed by atoms with Gasteiger partial charge in [0.15, 0.2) is 5.78 Å². The van der Waals surface area contributed by atoms with Gasteiger partial charge >= 0.3 is 0 Å². The van der Waals surface area contributed by atoms with Gasteiger partial charge in [-0.1, -0.05) is 18.2 Å². The predicted octanol–water partition coefficient (Wildman–Crippen LogP) is 2.09. The first kappa shape index (κ1) is 15.5.